The molecule has 0 fully saturated rings. The molecule has 0 heterocycles. The van der Waals surface area contributed by atoms with Gasteiger partial charge in [-0.1, -0.05) is 12.8 Å². The van der Waals surface area contributed by atoms with E-state index < -0.39 is 0 Å². The fourth-order valence-corrected chi connectivity index (χ4v) is 2.14. The summed E-state index contributed by atoms with van der Waals surface area (Å²) in [7, 11) is 0. The van der Waals surface area contributed by atoms with Crippen LogP contribution in [0.3, 0.4) is 0 Å². The zero-order valence-corrected chi connectivity index (χ0v) is 10.7. The summed E-state index contributed by atoms with van der Waals surface area (Å²) in [5, 5.41) is 21.4. The standard InChI is InChI=1S/C11H25NO2S/c1-10(11(9-14)15-2)12-7-5-3-4-6-8-13/h10-14H,3-9H2,1-2H3. The first-order chi connectivity index (χ1) is 7.26. The highest BCUT2D eigenvalue weighted by Crippen LogP contribution is 2.10. The van der Waals surface area contributed by atoms with E-state index in [4.69, 9.17) is 10.2 Å². The van der Waals surface area contributed by atoms with E-state index >= 15 is 0 Å². The third-order valence-corrected chi connectivity index (χ3v) is 3.75. The zero-order chi connectivity index (χ0) is 11.5. The van der Waals surface area contributed by atoms with Crippen LogP contribution in [0.5, 0.6) is 0 Å². The third kappa shape index (κ3) is 8.08. The fraction of sp³-hybridized carbons (Fsp3) is 1.00. The molecule has 0 spiro atoms. The molecule has 0 aliphatic carbocycles. The van der Waals surface area contributed by atoms with Crippen LogP contribution in [-0.4, -0.2) is 47.5 Å². The number of aliphatic hydroxyl groups is 2. The number of hydrogen-bond acceptors (Lipinski definition) is 4. The van der Waals surface area contributed by atoms with Crippen molar-refractivity contribution < 1.29 is 10.2 Å². The lowest BCUT2D eigenvalue weighted by Crippen LogP contribution is -2.37. The normalized spacial score (nSPS) is 15.2. The minimum Gasteiger partial charge on any atom is -0.396 e. The molecule has 2 unspecified atom stereocenters. The van der Waals surface area contributed by atoms with Gasteiger partial charge in [-0.3, -0.25) is 0 Å². The van der Waals surface area contributed by atoms with Crippen LogP contribution in [-0.2, 0) is 0 Å². The van der Waals surface area contributed by atoms with Crippen LogP contribution in [0, 0.1) is 0 Å². The van der Waals surface area contributed by atoms with Gasteiger partial charge in [0.15, 0.2) is 0 Å². The van der Waals surface area contributed by atoms with Crippen molar-refractivity contribution in [3.8, 4) is 0 Å². The molecule has 15 heavy (non-hydrogen) atoms. The van der Waals surface area contributed by atoms with Crippen LogP contribution in [0.2, 0.25) is 0 Å². The van der Waals surface area contributed by atoms with Gasteiger partial charge in [0.05, 0.1) is 6.61 Å². The van der Waals surface area contributed by atoms with E-state index in [9.17, 15) is 0 Å². The van der Waals surface area contributed by atoms with Gasteiger partial charge in [0.25, 0.3) is 0 Å². The van der Waals surface area contributed by atoms with E-state index in [2.05, 4.69) is 12.2 Å². The second kappa shape index (κ2) is 10.7. The van der Waals surface area contributed by atoms with Crippen molar-refractivity contribution in [2.45, 2.75) is 43.9 Å². The van der Waals surface area contributed by atoms with Crippen molar-refractivity contribution in [1.29, 1.82) is 0 Å². The molecule has 0 aromatic rings. The molecule has 0 rings (SSSR count). The Balaban J connectivity index is 3.33. The van der Waals surface area contributed by atoms with E-state index in [0.717, 1.165) is 25.8 Å². The maximum Gasteiger partial charge on any atom is 0.0564 e. The van der Waals surface area contributed by atoms with Gasteiger partial charge in [0, 0.05) is 17.9 Å². The summed E-state index contributed by atoms with van der Waals surface area (Å²) < 4.78 is 0. The first-order valence-corrected chi connectivity index (χ1v) is 7.03. The van der Waals surface area contributed by atoms with Gasteiger partial charge in [-0.05, 0) is 32.6 Å². The maximum atomic E-state index is 9.08. The van der Waals surface area contributed by atoms with Gasteiger partial charge in [0.1, 0.15) is 0 Å². The number of hydrogen-bond donors (Lipinski definition) is 3. The molecule has 0 amide bonds. The van der Waals surface area contributed by atoms with Crippen molar-refractivity contribution in [1.82, 2.24) is 5.32 Å². The van der Waals surface area contributed by atoms with Crippen molar-refractivity contribution in [2.75, 3.05) is 26.0 Å². The predicted octanol–water partition coefficient (Wildman–Crippen LogP) is 1.24. The van der Waals surface area contributed by atoms with Crippen LogP contribution in [0.4, 0.5) is 0 Å². The van der Waals surface area contributed by atoms with Crippen molar-refractivity contribution in [3.63, 3.8) is 0 Å². The summed E-state index contributed by atoms with van der Waals surface area (Å²) in [5.74, 6) is 0. The van der Waals surface area contributed by atoms with Crippen LogP contribution in [0.1, 0.15) is 32.6 Å². The molecule has 0 bridgehead atoms. The average molecular weight is 235 g/mol. The van der Waals surface area contributed by atoms with Crippen LogP contribution >= 0.6 is 11.8 Å². The molecule has 3 N–H and O–H groups in total. The Kier molecular flexibility index (Phi) is 10.9. The molecule has 92 valence electrons. The zero-order valence-electron chi connectivity index (χ0n) is 9.91. The predicted molar refractivity (Wildman–Crippen MR) is 67.4 cm³/mol. The molecular formula is C11H25NO2S. The van der Waals surface area contributed by atoms with E-state index in [1.54, 1.807) is 11.8 Å². The number of unbranched alkanes of at least 4 members (excludes halogenated alkanes) is 3. The first-order valence-electron chi connectivity index (χ1n) is 5.74. The molecule has 0 radical (unpaired) electrons. The molecule has 2 atom stereocenters. The first kappa shape index (κ1) is 15.2. The number of nitrogens with one attached hydrogen (secondary N) is 1. The summed E-state index contributed by atoms with van der Waals surface area (Å²) in [4.78, 5) is 0. The molecular weight excluding hydrogens is 210 g/mol. The number of aliphatic hydroxyl groups excluding tert-OH is 2. The summed E-state index contributed by atoms with van der Waals surface area (Å²) in [6, 6.07) is 0.364. The van der Waals surface area contributed by atoms with Crippen LogP contribution in [0.15, 0.2) is 0 Å². The number of rotatable bonds is 10. The summed E-state index contributed by atoms with van der Waals surface area (Å²) in [5.41, 5.74) is 0. The van der Waals surface area contributed by atoms with Crippen molar-refractivity contribution in [2.24, 2.45) is 0 Å². The van der Waals surface area contributed by atoms with Crippen LogP contribution < -0.4 is 5.32 Å². The Bertz CT molecular complexity index is 132. The SMILES string of the molecule is CSC(CO)C(C)NCCCCCCO. The largest absolute Gasteiger partial charge is 0.396 e. The maximum absolute atomic E-state index is 9.08. The summed E-state index contributed by atoms with van der Waals surface area (Å²) >= 11 is 1.70. The summed E-state index contributed by atoms with van der Waals surface area (Å²) in [6.45, 7) is 3.66. The Morgan fingerprint density at radius 3 is 2.33 bits per heavy atom. The molecule has 0 aliphatic heterocycles. The van der Waals surface area contributed by atoms with Gasteiger partial charge in [-0.25, -0.2) is 0 Å². The van der Waals surface area contributed by atoms with Gasteiger partial charge >= 0.3 is 0 Å². The Labute approximate surface area is 97.7 Å². The van der Waals surface area contributed by atoms with Crippen molar-refractivity contribution >= 4 is 11.8 Å². The molecule has 4 heteroatoms. The minimum absolute atomic E-state index is 0.236. The van der Waals surface area contributed by atoms with Gasteiger partial charge in [0.2, 0.25) is 0 Å². The van der Waals surface area contributed by atoms with E-state index in [1.165, 1.54) is 6.42 Å². The topological polar surface area (TPSA) is 52.5 Å². The van der Waals surface area contributed by atoms with E-state index in [1.807, 2.05) is 6.26 Å². The Morgan fingerprint density at radius 2 is 1.80 bits per heavy atom. The second-order valence-corrected chi connectivity index (χ2v) is 4.91. The van der Waals surface area contributed by atoms with Crippen LogP contribution in [0.25, 0.3) is 0 Å². The molecule has 0 aromatic heterocycles. The van der Waals surface area contributed by atoms with Crippen molar-refractivity contribution in [3.05, 3.63) is 0 Å². The fourth-order valence-electron chi connectivity index (χ4n) is 1.49. The highest BCUT2D eigenvalue weighted by molar-refractivity contribution is 7.99. The van der Waals surface area contributed by atoms with E-state index in [-0.39, 0.29) is 6.61 Å². The monoisotopic (exact) mass is 235 g/mol. The lowest BCUT2D eigenvalue weighted by atomic mass is 10.2. The molecule has 0 saturated carbocycles. The highest BCUT2D eigenvalue weighted by Gasteiger charge is 2.13. The quantitative estimate of drug-likeness (QED) is 0.499. The molecule has 0 aliphatic rings. The Morgan fingerprint density at radius 1 is 1.13 bits per heavy atom. The number of thioether (sulfide) groups is 1. The van der Waals surface area contributed by atoms with Gasteiger partial charge < -0.3 is 15.5 Å². The smallest absolute Gasteiger partial charge is 0.0564 e. The van der Waals surface area contributed by atoms with Gasteiger partial charge in [-0.15, -0.1) is 0 Å². The molecule has 0 saturated heterocycles. The minimum atomic E-state index is 0.236. The molecule has 3 nitrogen and oxygen atoms in total. The lowest BCUT2D eigenvalue weighted by molar-refractivity contribution is 0.274. The average Bonchev–Trinajstić information content (AvgIpc) is 2.25. The van der Waals surface area contributed by atoms with Gasteiger partial charge in [-0.2, -0.15) is 11.8 Å². The highest BCUT2D eigenvalue weighted by atomic mass is 32.2. The lowest BCUT2D eigenvalue weighted by Gasteiger charge is -2.21. The molecule has 0 aromatic carbocycles. The second-order valence-electron chi connectivity index (χ2n) is 3.84. The Hall–Kier alpha value is 0.230. The third-order valence-electron chi connectivity index (χ3n) is 2.59. The van der Waals surface area contributed by atoms with E-state index in [0.29, 0.717) is 17.9 Å². The summed E-state index contributed by atoms with van der Waals surface area (Å²) in [6.07, 6.45) is 6.37.